The molecule has 24 heavy (non-hydrogen) atoms. The monoisotopic (exact) mass is 331 g/mol. The van der Waals surface area contributed by atoms with Crippen LogP contribution in [0.4, 0.5) is 5.69 Å². The number of carbonyl (C=O) groups excluding carboxylic acids is 2. The van der Waals surface area contributed by atoms with Crippen LogP contribution >= 0.6 is 0 Å². The Bertz CT molecular complexity index is 694. The third-order valence-corrected chi connectivity index (χ3v) is 4.30. The maximum atomic E-state index is 12.7. The van der Waals surface area contributed by atoms with Gasteiger partial charge in [0.2, 0.25) is 5.91 Å². The molecule has 6 heteroatoms. The molecule has 0 fully saturated rings. The molecule has 6 nitrogen and oxygen atoms in total. The smallest absolute Gasteiger partial charge is 0.339 e. The molecule has 0 saturated carbocycles. The molecule has 128 valence electrons. The van der Waals surface area contributed by atoms with Gasteiger partial charge in [0.15, 0.2) is 0 Å². The second-order valence-corrected chi connectivity index (χ2v) is 6.07. The van der Waals surface area contributed by atoms with Crippen LogP contribution in [0.5, 0.6) is 0 Å². The Balaban J connectivity index is 2.28. The minimum atomic E-state index is -0.993. The standard InChI is InChI=1S/C18H21NO5/c1-10-8-11(2)15(17(21)22)13(9-10)16(20)19-14-7-5-4-6-12(14)18(23)24-3/h4-8,11,13,15H,9H2,1-3H3,(H,19,20)(H,21,22)/t11-,13+,15+/m1/s1. The number of allylic oxidation sites excluding steroid dienone is 2. The van der Waals surface area contributed by atoms with Crippen LogP contribution in [-0.2, 0) is 14.3 Å². The molecule has 0 radical (unpaired) electrons. The zero-order chi connectivity index (χ0) is 17.9. The van der Waals surface area contributed by atoms with Crippen molar-refractivity contribution in [2.45, 2.75) is 20.3 Å². The highest BCUT2D eigenvalue weighted by molar-refractivity contribution is 6.02. The van der Waals surface area contributed by atoms with Crippen LogP contribution in [0, 0.1) is 17.8 Å². The predicted octanol–water partition coefficient (Wildman–Crippen LogP) is 2.71. The summed E-state index contributed by atoms with van der Waals surface area (Å²) in [5.41, 5.74) is 1.54. The van der Waals surface area contributed by atoms with Crippen LogP contribution in [0.15, 0.2) is 35.9 Å². The molecule has 1 aromatic rings. The molecule has 0 saturated heterocycles. The lowest BCUT2D eigenvalue weighted by Gasteiger charge is -2.31. The topological polar surface area (TPSA) is 92.7 Å². The lowest BCUT2D eigenvalue weighted by atomic mass is 9.73. The largest absolute Gasteiger partial charge is 0.481 e. The van der Waals surface area contributed by atoms with Gasteiger partial charge in [0.05, 0.1) is 30.2 Å². The molecule has 1 amide bonds. The lowest BCUT2D eigenvalue weighted by molar-refractivity contribution is -0.148. The fraction of sp³-hybridized carbons (Fsp3) is 0.389. The molecule has 2 rings (SSSR count). The lowest BCUT2D eigenvalue weighted by Crippen LogP contribution is -2.39. The highest BCUT2D eigenvalue weighted by Gasteiger charge is 2.39. The zero-order valence-corrected chi connectivity index (χ0v) is 13.9. The number of carboxylic acids is 1. The van der Waals surface area contributed by atoms with Crippen molar-refractivity contribution in [1.82, 2.24) is 0 Å². The summed E-state index contributed by atoms with van der Waals surface area (Å²) >= 11 is 0. The van der Waals surface area contributed by atoms with Gasteiger partial charge < -0.3 is 15.2 Å². The summed E-state index contributed by atoms with van der Waals surface area (Å²) < 4.78 is 4.70. The number of rotatable bonds is 4. The number of ether oxygens (including phenoxy) is 1. The van der Waals surface area contributed by atoms with E-state index < -0.39 is 29.7 Å². The number of esters is 1. The van der Waals surface area contributed by atoms with E-state index in [0.29, 0.717) is 12.1 Å². The average molecular weight is 331 g/mol. The fourth-order valence-corrected chi connectivity index (χ4v) is 3.22. The molecule has 0 aromatic heterocycles. The number of benzene rings is 1. The van der Waals surface area contributed by atoms with Gasteiger partial charge in [-0.3, -0.25) is 9.59 Å². The summed E-state index contributed by atoms with van der Waals surface area (Å²) in [6.07, 6.45) is 2.28. The number of para-hydroxylation sites is 1. The molecule has 1 aromatic carbocycles. The van der Waals surface area contributed by atoms with Crippen LogP contribution in [-0.4, -0.2) is 30.1 Å². The third kappa shape index (κ3) is 3.64. The van der Waals surface area contributed by atoms with Crippen molar-refractivity contribution in [3.63, 3.8) is 0 Å². The first-order valence-corrected chi connectivity index (χ1v) is 7.73. The van der Waals surface area contributed by atoms with Gasteiger partial charge in [0, 0.05) is 0 Å². The summed E-state index contributed by atoms with van der Waals surface area (Å²) in [4.78, 5) is 36.1. The van der Waals surface area contributed by atoms with Crippen LogP contribution in [0.2, 0.25) is 0 Å². The van der Waals surface area contributed by atoms with Crippen LogP contribution < -0.4 is 5.32 Å². The highest BCUT2D eigenvalue weighted by Crippen LogP contribution is 2.35. The van der Waals surface area contributed by atoms with E-state index in [0.717, 1.165) is 5.57 Å². The number of amides is 1. The average Bonchev–Trinajstić information content (AvgIpc) is 2.53. The molecular weight excluding hydrogens is 310 g/mol. The summed E-state index contributed by atoms with van der Waals surface area (Å²) in [6, 6.07) is 6.49. The van der Waals surface area contributed by atoms with Gasteiger partial charge in [0.1, 0.15) is 0 Å². The van der Waals surface area contributed by atoms with Gasteiger partial charge >= 0.3 is 11.9 Å². The predicted molar refractivity (Wildman–Crippen MR) is 88.6 cm³/mol. The number of carbonyl (C=O) groups is 3. The molecule has 1 aliphatic carbocycles. The van der Waals surface area contributed by atoms with Crippen molar-refractivity contribution >= 4 is 23.5 Å². The first-order chi connectivity index (χ1) is 11.3. The van der Waals surface area contributed by atoms with E-state index in [1.165, 1.54) is 7.11 Å². The van der Waals surface area contributed by atoms with Crippen LogP contribution in [0.25, 0.3) is 0 Å². The number of nitrogens with one attached hydrogen (secondary N) is 1. The van der Waals surface area contributed by atoms with Crippen molar-refractivity contribution in [2.75, 3.05) is 12.4 Å². The van der Waals surface area contributed by atoms with Crippen LogP contribution in [0.3, 0.4) is 0 Å². The number of hydrogen-bond donors (Lipinski definition) is 2. The minimum absolute atomic E-state index is 0.233. The Morgan fingerprint density at radius 3 is 2.54 bits per heavy atom. The number of anilines is 1. The van der Waals surface area contributed by atoms with E-state index in [1.807, 2.05) is 13.0 Å². The van der Waals surface area contributed by atoms with Crippen molar-refractivity contribution < 1.29 is 24.2 Å². The molecule has 0 bridgehead atoms. The molecule has 0 unspecified atom stereocenters. The zero-order valence-electron chi connectivity index (χ0n) is 13.9. The Morgan fingerprint density at radius 1 is 1.25 bits per heavy atom. The summed E-state index contributed by atoms with van der Waals surface area (Å²) in [7, 11) is 1.26. The number of aliphatic carboxylic acids is 1. The van der Waals surface area contributed by atoms with Gasteiger partial charge in [-0.05, 0) is 31.4 Å². The Kier molecular flexibility index (Phi) is 5.39. The summed E-state index contributed by atoms with van der Waals surface area (Å²) in [6.45, 7) is 3.68. The summed E-state index contributed by atoms with van der Waals surface area (Å²) in [5.74, 6) is -3.67. The van der Waals surface area contributed by atoms with Gasteiger partial charge in [-0.15, -0.1) is 0 Å². The van der Waals surface area contributed by atoms with Crippen molar-refractivity contribution in [3.05, 3.63) is 41.5 Å². The number of hydrogen-bond acceptors (Lipinski definition) is 4. The normalized spacial score (nSPS) is 23.1. The molecule has 0 aliphatic heterocycles. The second-order valence-electron chi connectivity index (χ2n) is 6.07. The molecule has 2 N–H and O–H groups in total. The minimum Gasteiger partial charge on any atom is -0.481 e. The third-order valence-electron chi connectivity index (χ3n) is 4.30. The maximum Gasteiger partial charge on any atom is 0.339 e. The van der Waals surface area contributed by atoms with E-state index >= 15 is 0 Å². The van der Waals surface area contributed by atoms with E-state index in [-0.39, 0.29) is 11.5 Å². The first kappa shape index (κ1) is 17.7. The van der Waals surface area contributed by atoms with Crippen molar-refractivity contribution in [2.24, 2.45) is 17.8 Å². The van der Waals surface area contributed by atoms with Gasteiger partial charge in [-0.1, -0.05) is 30.7 Å². The van der Waals surface area contributed by atoms with Gasteiger partial charge in [-0.2, -0.15) is 0 Å². The Morgan fingerprint density at radius 2 is 1.92 bits per heavy atom. The Labute approximate surface area is 140 Å². The number of methoxy groups -OCH3 is 1. The molecule has 0 spiro atoms. The maximum absolute atomic E-state index is 12.7. The van der Waals surface area contributed by atoms with E-state index in [2.05, 4.69) is 5.32 Å². The highest BCUT2D eigenvalue weighted by atomic mass is 16.5. The van der Waals surface area contributed by atoms with Crippen molar-refractivity contribution in [3.8, 4) is 0 Å². The van der Waals surface area contributed by atoms with Gasteiger partial charge in [0.25, 0.3) is 0 Å². The van der Waals surface area contributed by atoms with Crippen molar-refractivity contribution in [1.29, 1.82) is 0 Å². The summed E-state index contributed by atoms with van der Waals surface area (Å²) in [5, 5.41) is 12.2. The molecule has 0 heterocycles. The second kappa shape index (κ2) is 7.29. The van der Waals surface area contributed by atoms with E-state index in [9.17, 15) is 19.5 Å². The van der Waals surface area contributed by atoms with Crippen LogP contribution in [0.1, 0.15) is 30.6 Å². The molecular formula is C18H21NO5. The quantitative estimate of drug-likeness (QED) is 0.654. The van der Waals surface area contributed by atoms with Gasteiger partial charge in [-0.25, -0.2) is 4.79 Å². The first-order valence-electron chi connectivity index (χ1n) is 7.73. The van der Waals surface area contributed by atoms with E-state index in [1.54, 1.807) is 31.2 Å². The molecule has 1 aliphatic rings. The fourth-order valence-electron chi connectivity index (χ4n) is 3.22. The SMILES string of the molecule is COC(=O)c1ccccc1NC(=O)[C@H]1CC(C)=C[C@@H](C)[C@@H]1C(=O)O. The number of carboxylic acid groups (broad SMARTS) is 1. The molecule has 3 atom stereocenters. The van der Waals surface area contributed by atoms with E-state index in [4.69, 9.17) is 4.74 Å². The Hall–Kier alpha value is -2.63.